The van der Waals surface area contributed by atoms with E-state index in [0.29, 0.717) is 0 Å². The van der Waals surface area contributed by atoms with Crippen molar-refractivity contribution in [1.82, 2.24) is 15.0 Å². The third-order valence-corrected chi connectivity index (χ3v) is 14.0. The molecular formula is C49H33N3S. The third-order valence-electron chi connectivity index (χ3n) is 11.1. The zero-order chi connectivity index (χ0) is 35.3. The van der Waals surface area contributed by atoms with E-state index in [1.165, 1.54) is 37.1 Å². The van der Waals surface area contributed by atoms with Crippen LogP contribution in [0.15, 0.2) is 174 Å². The molecule has 0 aliphatic carbocycles. The molecule has 1 aliphatic heterocycles. The maximum Gasteiger partial charge on any atom is 0.0972 e. The summed E-state index contributed by atoms with van der Waals surface area (Å²) < 4.78 is 0. The second-order valence-corrected chi connectivity index (χ2v) is 17.9. The van der Waals surface area contributed by atoms with Crippen LogP contribution in [0.2, 0.25) is 0 Å². The summed E-state index contributed by atoms with van der Waals surface area (Å²) in [6.45, 7) is 0. The molecule has 0 N–H and O–H groups in total. The molecule has 0 amide bonds. The molecule has 0 atom stereocenters. The third kappa shape index (κ3) is 4.46. The van der Waals surface area contributed by atoms with Gasteiger partial charge in [-0.25, -0.2) is 15.0 Å². The van der Waals surface area contributed by atoms with Crippen molar-refractivity contribution in [2.45, 2.75) is 9.79 Å². The molecule has 3 nitrogen and oxygen atoms in total. The van der Waals surface area contributed by atoms with Gasteiger partial charge in [0.1, 0.15) is 0 Å². The summed E-state index contributed by atoms with van der Waals surface area (Å²) in [7, 11) is -1.13. The van der Waals surface area contributed by atoms with E-state index in [2.05, 4.69) is 170 Å². The van der Waals surface area contributed by atoms with Gasteiger partial charge < -0.3 is 0 Å². The van der Waals surface area contributed by atoms with Crippen LogP contribution >= 0.6 is 10.0 Å². The van der Waals surface area contributed by atoms with Gasteiger partial charge in [0.15, 0.2) is 0 Å². The van der Waals surface area contributed by atoms with E-state index in [0.717, 1.165) is 71.9 Å². The van der Waals surface area contributed by atoms with Gasteiger partial charge in [0.05, 0.1) is 33.6 Å². The minimum Gasteiger partial charge on any atom is -0.247 e. The summed E-state index contributed by atoms with van der Waals surface area (Å²) >= 11 is 0. The maximum absolute atomic E-state index is 5.52. The number of aromatic nitrogens is 3. The Labute approximate surface area is 309 Å². The van der Waals surface area contributed by atoms with Gasteiger partial charge in [-0.1, -0.05) is 133 Å². The topological polar surface area (TPSA) is 38.7 Å². The van der Waals surface area contributed by atoms with Gasteiger partial charge >= 0.3 is 0 Å². The van der Waals surface area contributed by atoms with E-state index >= 15 is 0 Å². The Morgan fingerprint density at radius 3 is 1.77 bits per heavy atom. The Bertz CT molecular complexity index is 3150. The molecule has 10 aromatic rings. The number of fused-ring (bicyclic) bond motifs is 11. The van der Waals surface area contributed by atoms with E-state index < -0.39 is 10.0 Å². The molecule has 0 radical (unpaired) electrons. The van der Waals surface area contributed by atoms with Crippen LogP contribution in [0.5, 0.6) is 0 Å². The first-order valence-corrected chi connectivity index (χ1v) is 20.5. The standard InChI is InChI=1S/C49H33N3S/c1-53(2)43-21-9-8-16-39(43)46-44(53)29-28-42-45(46)36-14-6-7-15-38(36)49(52-42)37-20-11-17-33-34(37)18-10-19-35(33)41-27-25-32-23-22-31-24-26-40(30-12-4-3-5-13-30)50-47(31)48(32)51-41/h3-29H,1-2H3. The quantitative estimate of drug-likeness (QED) is 0.173. The molecule has 0 saturated carbocycles. The lowest BCUT2D eigenvalue weighted by Crippen LogP contribution is -1.95. The molecule has 0 unspecified atom stereocenters. The summed E-state index contributed by atoms with van der Waals surface area (Å²) in [5.74, 6) is 0. The largest absolute Gasteiger partial charge is 0.247 e. The molecule has 3 aromatic heterocycles. The molecule has 7 aromatic carbocycles. The first kappa shape index (κ1) is 30.3. The number of hydrogen-bond donors (Lipinski definition) is 0. The summed E-state index contributed by atoms with van der Waals surface area (Å²) in [5, 5.41) is 8.12. The number of rotatable bonds is 3. The van der Waals surface area contributed by atoms with Crippen LogP contribution in [0.4, 0.5) is 0 Å². The highest BCUT2D eigenvalue weighted by molar-refractivity contribution is 8.33. The number of hydrogen-bond acceptors (Lipinski definition) is 3. The van der Waals surface area contributed by atoms with Crippen molar-refractivity contribution in [3.8, 4) is 44.9 Å². The molecule has 11 rings (SSSR count). The van der Waals surface area contributed by atoms with E-state index in [1.807, 2.05) is 6.07 Å². The Hall–Kier alpha value is -6.36. The highest BCUT2D eigenvalue weighted by Crippen LogP contribution is 2.68. The average Bonchev–Trinajstić information content (AvgIpc) is 3.45. The fraction of sp³-hybridized carbons (Fsp3) is 0.0408. The van der Waals surface area contributed by atoms with Crippen molar-refractivity contribution >= 4 is 64.3 Å². The van der Waals surface area contributed by atoms with Crippen LogP contribution in [0.3, 0.4) is 0 Å². The predicted octanol–water partition coefficient (Wildman–Crippen LogP) is 13.1. The van der Waals surface area contributed by atoms with Gasteiger partial charge in [-0.15, -0.1) is 0 Å². The lowest BCUT2D eigenvalue weighted by molar-refractivity contribution is 1.37. The van der Waals surface area contributed by atoms with Crippen molar-refractivity contribution in [1.29, 1.82) is 0 Å². The van der Waals surface area contributed by atoms with E-state index in [4.69, 9.17) is 15.0 Å². The molecule has 4 heteroatoms. The Balaban J connectivity index is 1.12. The van der Waals surface area contributed by atoms with Gasteiger partial charge in [-0.3, -0.25) is 0 Å². The summed E-state index contributed by atoms with van der Waals surface area (Å²) in [5.41, 5.74) is 11.7. The van der Waals surface area contributed by atoms with Crippen LogP contribution in [-0.2, 0) is 0 Å². The smallest absolute Gasteiger partial charge is 0.0972 e. The van der Waals surface area contributed by atoms with Crippen LogP contribution in [-0.4, -0.2) is 27.5 Å². The average molecular weight is 696 g/mol. The normalized spacial score (nSPS) is 13.8. The lowest BCUT2D eigenvalue weighted by Gasteiger charge is -2.28. The van der Waals surface area contributed by atoms with Crippen LogP contribution in [0, 0.1) is 0 Å². The van der Waals surface area contributed by atoms with E-state index in [9.17, 15) is 0 Å². The molecule has 1 aliphatic rings. The maximum atomic E-state index is 5.52. The molecule has 0 spiro atoms. The second-order valence-electron chi connectivity index (χ2n) is 14.3. The summed E-state index contributed by atoms with van der Waals surface area (Å²) in [6, 6.07) is 58.8. The van der Waals surface area contributed by atoms with Crippen molar-refractivity contribution in [2.24, 2.45) is 0 Å². The fourth-order valence-corrected chi connectivity index (χ4v) is 11.1. The van der Waals surface area contributed by atoms with Crippen LogP contribution < -0.4 is 0 Å². The van der Waals surface area contributed by atoms with Crippen molar-refractivity contribution in [2.75, 3.05) is 12.5 Å². The van der Waals surface area contributed by atoms with E-state index in [-0.39, 0.29) is 0 Å². The van der Waals surface area contributed by atoms with Crippen LogP contribution in [0.25, 0.3) is 99.2 Å². The molecule has 0 saturated heterocycles. The predicted molar refractivity (Wildman–Crippen MR) is 225 cm³/mol. The zero-order valence-corrected chi connectivity index (χ0v) is 30.2. The molecule has 53 heavy (non-hydrogen) atoms. The van der Waals surface area contributed by atoms with Gasteiger partial charge in [0.25, 0.3) is 0 Å². The Kier molecular flexibility index (Phi) is 6.47. The van der Waals surface area contributed by atoms with Gasteiger partial charge in [-0.2, -0.15) is 10.0 Å². The van der Waals surface area contributed by atoms with Crippen molar-refractivity contribution < 1.29 is 0 Å². The molecule has 4 heterocycles. The monoisotopic (exact) mass is 695 g/mol. The second kappa shape index (κ2) is 11.3. The fourth-order valence-electron chi connectivity index (χ4n) is 8.59. The van der Waals surface area contributed by atoms with E-state index in [1.54, 1.807) is 0 Å². The molecule has 250 valence electrons. The molecule has 0 fully saturated rings. The van der Waals surface area contributed by atoms with Gasteiger partial charge in [0, 0.05) is 53.6 Å². The number of pyridine rings is 3. The highest BCUT2D eigenvalue weighted by atomic mass is 32.3. The summed E-state index contributed by atoms with van der Waals surface area (Å²) in [4.78, 5) is 18.9. The van der Waals surface area contributed by atoms with Crippen molar-refractivity contribution in [3.63, 3.8) is 0 Å². The lowest BCUT2D eigenvalue weighted by atomic mass is 9.91. The van der Waals surface area contributed by atoms with Crippen LogP contribution in [0.1, 0.15) is 0 Å². The Morgan fingerprint density at radius 1 is 0.396 bits per heavy atom. The Morgan fingerprint density at radius 2 is 0.981 bits per heavy atom. The van der Waals surface area contributed by atoms with Gasteiger partial charge in [0.2, 0.25) is 0 Å². The minimum absolute atomic E-state index is 0.909. The van der Waals surface area contributed by atoms with Gasteiger partial charge in [-0.05, 0) is 64.6 Å². The molecule has 0 bridgehead atoms. The number of nitrogens with zero attached hydrogens (tertiary/aromatic N) is 3. The highest BCUT2D eigenvalue weighted by Gasteiger charge is 2.33. The SMILES string of the molecule is CS1(C)c2ccccc2-c2c1ccc1nc(-c3cccc4c(-c5ccc6ccc7ccc(-c8ccccc8)nc7c6n5)cccc34)c3ccccc3c21. The first-order valence-electron chi connectivity index (χ1n) is 18.0. The van der Waals surface area contributed by atoms with Crippen molar-refractivity contribution in [3.05, 3.63) is 164 Å². The first-order chi connectivity index (χ1) is 26.0. The zero-order valence-electron chi connectivity index (χ0n) is 29.3. The molecular weight excluding hydrogens is 663 g/mol. The minimum atomic E-state index is -1.13. The summed E-state index contributed by atoms with van der Waals surface area (Å²) in [6.07, 6.45) is 4.85. The number of benzene rings is 7.